The van der Waals surface area contributed by atoms with E-state index in [4.69, 9.17) is 4.99 Å². The van der Waals surface area contributed by atoms with Crippen LogP contribution in [-0.2, 0) is 9.59 Å². The van der Waals surface area contributed by atoms with Crippen molar-refractivity contribution in [1.29, 1.82) is 0 Å². The third-order valence-corrected chi connectivity index (χ3v) is 6.24. The first-order valence-corrected chi connectivity index (χ1v) is 10.5. The average Bonchev–Trinajstić information content (AvgIpc) is 3.42. The van der Waals surface area contributed by atoms with Gasteiger partial charge in [-0.15, -0.1) is 35.7 Å². The number of nitrogens with one attached hydrogen (secondary N) is 2. The van der Waals surface area contributed by atoms with Crippen LogP contribution < -0.4 is 10.6 Å². The van der Waals surface area contributed by atoms with E-state index in [1.54, 1.807) is 0 Å². The number of thioether (sulfide) groups is 1. The number of amides is 2. The van der Waals surface area contributed by atoms with Crippen molar-refractivity contribution in [2.24, 2.45) is 4.99 Å². The van der Waals surface area contributed by atoms with Crippen LogP contribution in [0, 0.1) is 0 Å². The molecule has 154 valence electrons. The molecule has 28 heavy (non-hydrogen) atoms. The molecule has 1 saturated carbocycles. The highest BCUT2D eigenvalue weighted by Crippen LogP contribution is 2.51. The summed E-state index contributed by atoms with van der Waals surface area (Å²) in [4.78, 5) is 31.1. The van der Waals surface area contributed by atoms with Crippen molar-refractivity contribution in [2.45, 2.75) is 48.7 Å². The number of carbonyl (C=O) groups is 2. The third-order valence-electron chi connectivity index (χ3n) is 4.77. The van der Waals surface area contributed by atoms with Crippen LogP contribution >= 0.6 is 35.7 Å². The molecular formula is C20H29IN4O2S. The number of hydrogen-bond acceptors (Lipinski definition) is 4. The number of guanidine groups is 1. The molecule has 2 aliphatic rings. The van der Waals surface area contributed by atoms with Crippen molar-refractivity contribution in [1.82, 2.24) is 15.5 Å². The van der Waals surface area contributed by atoms with Crippen molar-refractivity contribution in [2.75, 3.05) is 26.2 Å². The highest BCUT2D eigenvalue weighted by atomic mass is 127. The molecule has 1 aliphatic heterocycles. The summed E-state index contributed by atoms with van der Waals surface area (Å²) in [6.45, 7) is 4.46. The Morgan fingerprint density at radius 2 is 1.82 bits per heavy atom. The monoisotopic (exact) mass is 516 g/mol. The Morgan fingerprint density at radius 3 is 2.43 bits per heavy atom. The summed E-state index contributed by atoms with van der Waals surface area (Å²) in [7, 11) is 0. The van der Waals surface area contributed by atoms with Crippen LogP contribution in [0.1, 0.15) is 39.0 Å². The van der Waals surface area contributed by atoms with E-state index in [0.29, 0.717) is 32.4 Å². The Morgan fingerprint density at radius 1 is 1.14 bits per heavy atom. The molecular weight excluding hydrogens is 487 g/mol. The zero-order valence-electron chi connectivity index (χ0n) is 16.3. The lowest BCUT2D eigenvalue weighted by Gasteiger charge is -2.25. The number of aliphatic imine (C=N–C) groups is 1. The van der Waals surface area contributed by atoms with Gasteiger partial charge >= 0.3 is 0 Å². The number of carbonyl (C=O) groups excluding carboxylic acids is 2. The Balaban J connectivity index is 0.00000280. The van der Waals surface area contributed by atoms with Gasteiger partial charge in [-0.2, -0.15) is 0 Å². The Labute approximate surface area is 188 Å². The minimum atomic E-state index is -0.0637. The molecule has 0 aromatic heterocycles. The average molecular weight is 516 g/mol. The van der Waals surface area contributed by atoms with Gasteiger partial charge < -0.3 is 10.6 Å². The van der Waals surface area contributed by atoms with Gasteiger partial charge in [0.2, 0.25) is 11.8 Å². The molecule has 8 heteroatoms. The maximum absolute atomic E-state index is 11.9. The number of imide groups is 1. The summed E-state index contributed by atoms with van der Waals surface area (Å²) in [5.41, 5.74) is 0. The van der Waals surface area contributed by atoms with Crippen molar-refractivity contribution in [3.63, 3.8) is 0 Å². The predicted molar refractivity (Wildman–Crippen MR) is 124 cm³/mol. The summed E-state index contributed by atoms with van der Waals surface area (Å²) in [6, 6.07) is 10.5. The van der Waals surface area contributed by atoms with E-state index >= 15 is 0 Å². The molecule has 1 aliphatic carbocycles. The minimum absolute atomic E-state index is 0. The first-order valence-electron chi connectivity index (χ1n) is 9.71. The second-order valence-electron chi connectivity index (χ2n) is 7.01. The molecule has 1 aromatic rings. The fraction of sp³-hybridized carbons (Fsp3) is 0.550. The van der Waals surface area contributed by atoms with Crippen molar-refractivity contribution in [3.05, 3.63) is 30.3 Å². The van der Waals surface area contributed by atoms with Gasteiger partial charge in [-0.05, 0) is 38.3 Å². The van der Waals surface area contributed by atoms with Gasteiger partial charge in [0.05, 0.1) is 6.54 Å². The Bertz CT molecular complexity index is 679. The number of halogens is 1. The second kappa shape index (κ2) is 11.0. The summed E-state index contributed by atoms with van der Waals surface area (Å²) in [6.07, 6.45) is 3.96. The number of nitrogens with zero attached hydrogens (tertiary/aromatic N) is 2. The van der Waals surface area contributed by atoms with Gasteiger partial charge in [-0.25, -0.2) is 0 Å². The molecule has 1 aromatic carbocycles. The van der Waals surface area contributed by atoms with Gasteiger partial charge in [0.25, 0.3) is 0 Å². The van der Waals surface area contributed by atoms with Crippen LogP contribution in [0.5, 0.6) is 0 Å². The van der Waals surface area contributed by atoms with Crippen LogP contribution in [0.15, 0.2) is 40.2 Å². The quantitative estimate of drug-likeness (QED) is 0.241. The molecule has 0 atom stereocenters. The van der Waals surface area contributed by atoms with Crippen molar-refractivity contribution < 1.29 is 9.59 Å². The largest absolute Gasteiger partial charge is 0.357 e. The lowest BCUT2D eigenvalue weighted by Crippen LogP contribution is -2.46. The van der Waals surface area contributed by atoms with Gasteiger partial charge in [-0.1, -0.05) is 18.2 Å². The molecule has 1 heterocycles. The standard InChI is InChI=1S/C20H28N4O2S.HI/c1-2-21-19(22-13-14-24-17(25)9-6-10-18(24)26)23-15-20(11-12-20)27-16-7-4-3-5-8-16;/h3-5,7-8H,2,6,9-15H2,1H3,(H2,21,22,23);1H. The van der Waals surface area contributed by atoms with E-state index in [2.05, 4.69) is 34.9 Å². The van der Waals surface area contributed by atoms with E-state index in [1.807, 2.05) is 24.8 Å². The maximum Gasteiger partial charge on any atom is 0.229 e. The van der Waals surface area contributed by atoms with Gasteiger partial charge in [0, 0.05) is 42.1 Å². The second-order valence-corrected chi connectivity index (χ2v) is 8.55. The van der Waals surface area contributed by atoms with Crippen LogP contribution in [-0.4, -0.2) is 53.6 Å². The number of likely N-dealkylation sites (tertiary alicyclic amines) is 1. The van der Waals surface area contributed by atoms with E-state index in [1.165, 1.54) is 22.6 Å². The minimum Gasteiger partial charge on any atom is -0.357 e. The van der Waals surface area contributed by atoms with Gasteiger partial charge in [0.1, 0.15) is 0 Å². The first-order chi connectivity index (χ1) is 13.1. The molecule has 2 amide bonds. The molecule has 0 spiro atoms. The summed E-state index contributed by atoms with van der Waals surface area (Å²) < 4.78 is 0.197. The number of hydrogen-bond donors (Lipinski definition) is 2. The maximum atomic E-state index is 11.9. The lowest BCUT2D eigenvalue weighted by atomic mass is 10.1. The normalized spacial score (nSPS) is 18.5. The molecule has 0 unspecified atom stereocenters. The summed E-state index contributed by atoms with van der Waals surface area (Å²) in [5, 5.41) is 6.51. The van der Waals surface area contributed by atoms with Crippen molar-refractivity contribution >= 4 is 53.5 Å². The van der Waals surface area contributed by atoms with Crippen LogP contribution in [0.2, 0.25) is 0 Å². The SMILES string of the molecule is CCNC(=NCC1(Sc2ccccc2)CC1)NCCN1C(=O)CCCC1=O.I. The highest BCUT2D eigenvalue weighted by molar-refractivity contribution is 14.0. The third kappa shape index (κ3) is 6.65. The van der Waals surface area contributed by atoms with Crippen LogP contribution in [0.3, 0.4) is 0 Å². The molecule has 2 fully saturated rings. The smallest absolute Gasteiger partial charge is 0.229 e. The molecule has 2 N–H and O–H groups in total. The molecule has 0 bridgehead atoms. The fourth-order valence-corrected chi connectivity index (χ4v) is 4.30. The predicted octanol–water partition coefficient (Wildman–Crippen LogP) is 3.02. The Hall–Kier alpha value is -1.29. The highest BCUT2D eigenvalue weighted by Gasteiger charge is 2.43. The topological polar surface area (TPSA) is 73.8 Å². The summed E-state index contributed by atoms with van der Waals surface area (Å²) in [5.74, 6) is 0.617. The molecule has 3 rings (SSSR count). The van der Waals surface area contributed by atoms with E-state index in [-0.39, 0.29) is 40.5 Å². The summed E-state index contributed by atoms with van der Waals surface area (Å²) >= 11 is 1.90. The first kappa shape index (κ1) is 23.0. The zero-order valence-corrected chi connectivity index (χ0v) is 19.4. The number of benzene rings is 1. The number of piperidine rings is 1. The van der Waals surface area contributed by atoms with Gasteiger partial charge in [0.15, 0.2) is 5.96 Å². The molecule has 0 radical (unpaired) electrons. The molecule has 1 saturated heterocycles. The van der Waals surface area contributed by atoms with Crippen molar-refractivity contribution in [3.8, 4) is 0 Å². The van der Waals surface area contributed by atoms with E-state index < -0.39 is 0 Å². The molecule has 6 nitrogen and oxygen atoms in total. The number of rotatable bonds is 8. The van der Waals surface area contributed by atoms with Crippen LogP contribution in [0.4, 0.5) is 0 Å². The van der Waals surface area contributed by atoms with E-state index in [0.717, 1.165) is 19.0 Å². The van der Waals surface area contributed by atoms with Crippen LogP contribution in [0.25, 0.3) is 0 Å². The lowest BCUT2D eigenvalue weighted by molar-refractivity contribution is -0.147. The fourth-order valence-electron chi connectivity index (χ4n) is 3.07. The van der Waals surface area contributed by atoms with E-state index in [9.17, 15) is 9.59 Å². The van der Waals surface area contributed by atoms with Gasteiger partial charge in [-0.3, -0.25) is 19.5 Å². The Kier molecular flexibility index (Phi) is 9.07. The zero-order chi connectivity index (χ0) is 19.1.